The van der Waals surface area contributed by atoms with Crippen molar-refractivity contribution >= 4 is 34.8 Å². The molecule has 0 radical (unpaired) electrons. The predicted octanol–water partition coefficient (Wildman–Crippen LogP) is 3.37. The highest BCUT2D eigenvalue weighted by molar-refractivity contribution is 7.80. The van der Waals surface area contributed by atoms with Gasteiger partial charge in [0.15, 0.2) is 5.11 Å². The molecule has 0 saturated heterocycles. The quantitative estimate of drug-likeness (QED) is 0.418. The monoisotopic (exact) mass is 429 g/mol. The first kappa shape index (κ1) is 23.3. The summed E-state index contributed by atoms with van der Waals surface area (Å²) < 4.78 is 10.7. The van der Waals surface area contributed by atoms with Crippen molar-refractivity contribution in [1.82, 2.24) is 10.6 Å². The number of carbonyl (C=O) groups excluding carboxylic acids is 2. The molecule has 0 fully saturated rings. The second kappa shape index (κ2) is 11.9. The van der Waals surface area contributed by atoms with Crippen LogP contribution in [0, 0.1) is 0 Å². The van der Waals surface area contributed by atoms with Gasteiger partial charge in [-0.2, -0.15) is 0 Å². The summed E-state index contributed by atoms with van der Waals surface area (Å²) in [4.78, 5) is 24.5. The normalized spacial score (nSPS) is 11.3. The molecule has 30 heavy (non-hydrogen) atoms. The second-order valence-electron chi connectivity index (χ2n) is 6.60. The van der Waals surface area contributed by atoms with Crippen molar-refractivity contribution in [2.75, 3.05) is 25.6 Å². The van der Waals surface area contributed by atoms with Crippen LogP contribution in [0.25, 0.3) is 0 Å². The number of benzene rings is 2. The van der Waals surface area contributed by atoms with E-state index in [1.165, 1.54) is 0 Å². The Kier molecular flexibility index (Phi) is 9.24. The van der Waals surface area contributed by atoms with Gasteiger partial charge in [0.2, 0.25) is 0 Å². The molecule has 160 valence electrons. The minimum atomic E-state index is -0.337. The van der Waals surface area contributed by atoms with Gasteiger partial charge in [0.1, 0.15) is 5.75 Å². The van der Waals surface area contributed by atoms with E-state index in [-0.39, 0.29) is 23.0 Å². The topological polar surface area (TPSA) is 88.7 Å². The molecule has 1 unspecified atom stereocenters. The summed E-state index contributed by atoms with van der Waals surface area (Å²) >= 11 is 5.22. The fourth-order valence-corrected chi connectivity index (χ4v) is 2.65. The van der Waals surface area contributed by atoms with E-state index in [1.807, 2.05) is 19.9 Å². The summed E-state index contributed by atoms with van der Waals surface area (Å²) in [7, 11) is 1.58. The Morgan fingerprint density at radius 2 is 1.80 bits per heavy atom. The van der Waals surface area contributed by atoms with Gasteiger partial charge >= 0.3 is 0 Å². The van der Waals surface area contributed by atoms with Crippen LogP contribution in [-0.2, 0) is 4.74 Å². The molecule has 0 bridgehead atoms. The SMILES string of the molecule is CCC(C)Oc1cccc(C(=O)NC(=S)Nc2ccc(C(=O)NCCOC)cc2)c1. The number of methoxy groups -OCH3 is 1. The molecule has 0 spiro atoms. The summed E-state index contributed by atoms with van der Waals surface area (Å²) in [6, 6.07) is 13.7. The zero-order chi connectivity index (χ0) is 21.9. The average Bonchev–Trinajstić information content (AvgIpc) is 2.74. The third kappa shape index (κ3) is 7.46. The lowest BCUT2D eigenvalue weighted by molar-refractivity contribution is 0.0935. The van der Waals surface area contributed by atoms with Crippen LogP contribution in [0.15, 0.2) is 48.5 Å². The number of rotatable bonds is 9. The minimum Gasteiger partial charge on any atom is -0.491 e. The molecule has 2 rings (SSSR count). The number of hydrogen-bond donors (Lipinski definition) is 3. The smallest absolute Gasteiger partial charge is 0.257 e. The third-order valence-electron chi connectivity index (χ3n) is 4.23. The maximum absolute atomic E-state index is 12.5. The third-order valence-corrected chi connectivity index (χ3v) is 4.44. The molecule has 0 aliphatic heterocycles. The van der Waals surface area contributed by atoms with Gasteiger partial charge in [-0.25, -0.2) is 0 Å². The van der Waals surface area contributed by atoms with Crippen LogP contribution >= 0.6 is 12.2 Å². The Labute approximate surface area is 182 Å². The van der Waals surface area contributed by atoms with Crippen molar-refractivity contribution in [3.05, 3.63) is 59.7 Å². The van der Waals surface area contributed by atoms with Crippen LogP contribution in [0.5, 0.6) is 5.75 Å². The van der Waals surface area contributed by atoms with Gasteiger partial charge in [-0.15, -0.1) is 0 Å². The molecule has 2 aromatic carbocycles. The highest BCUT2D eigenvalue weighted by Gasteiger charge is 2.11. The Bertz CT molecular complexity index is 871. The maximum Gasteiger partial charge on any atom is 0.257 e. The molecule has 3 N–H and O–H groups in total. The number of nitrogens with one attached hydrogen (secondary N) is 3. The van der Waals surface area contributed by atoms with E-state index in [2.05, 4.69) is 16.0 Å². The van der Waals surface area contributed by atoms with Crippen molar-refractivity contribution in [1.29, 1.82) is 0 Å². The number of amides is 2. The predicted molar refractivity (Wildman–Crippen MR) is 121 cm³/mol. The first-order chi connectivity index (χ1) is 14.4. The van der Waals surface area contributed by atoms with Crippen LogP contribution in [0.1, 0.15) is 41.0 Å². The summed E-state index contributed by atoms with van der Waals surface area (Å²) in [5.74, 6) is 0.112. The van der Waals surface area contributed by atoms with E-state index in [4.69, 9.17) is 21.7 Å². The van der Waals surface area contributed by atoms with E-state index in [0.29, 0.717) is 35.7 Å². The number of hydrogen-bond acceptors (Lipinski definition) is 5. The number of ether oxygens (including phenoxy) is 2. The van der Waals surface area contributed by atoms with E-state index in [0.717, 1.165) is 6.42 Å². The lowest BCUT2D eigenvalue weighted by Gasteiger charge is -2.14. The second-order valence-corrected chi connectivity index (χ2v) is 7.01. The first-order valence-electron chi connectivity index (χ1n) is 9.69. The van der Waals surface area contributed by atoms with Crippen molar-refractivity contribution in [2.24, 2.45) is 0 Å². The van der Waals surface area contributed by atoms with Crippen molar-refractivity contribution < 1.29 is 19.1 Å². The van der Waals surface area contributed by atoms with Crippen LogP contribution in [0.2, 0.25) is 0 Å². The zero-order valence-corrected chi connectivity index (χ0v) is 18.2. The Balaban J connectivity index is 1.90. The Hall–Kier alpha value is -2.97. The number of anilines is 1. The molecular formula is C22H27N3O4S. The van der Waals surface area contributed by atoms with E-state index in [9.17, 15) is 9.59 Å². The summed E-state index contributed by atoms with van der Waals surface area (Å²) in [5.41, 5.74) is 1.62. The molecule has 2 aromatic rings. The first-order valence-corrected chi connectivity index (χ1v) is 10.1. The molecule has 0 aromatic heterocycles. The highest BCUT2D eigenvalue weighted by Crippen LogP contribution is 2.16. The molecule has 0 saturated carbocycles. The van der Waals surface area contributed by atoms with Gasteiger partial charge in [0.25, 0.3) is 11.8 Å². The van der Waals surface area contributed by atoms with Crippen molar-refractivity contribution in [2.45, 2.75) is 26.4 Å². The van der Waals surface area contributed by atoms with Gasteiger partial charge in [0.05, 0.1) is 12.7 Å². The van der Waals surface area contributed by atoms with Gasteiger partial charge in [-0.3, -0.25) is 14.9 Å². The van der Waals surface area contributed by atoms with Crippen LogP contribution in [0.3, 0.4) is 0 Å². The summed E-state index contributed by atoms with van der Waals surface area (Å²) in [5, 5.41) is 8.48. The highest BCUT2D eigenvalue weighted by atomic mass is 32.1. The maximum atomic E-state index is 12.5. The van der Waals surface area contributed by atoms with Gasteiger partial charge in [-0.1, -0.05) is 13.0 Å². The van der Waals surface area contributed by atoms with Gasteiger partial charge in [-0.05, 0) is 68.0 Å². The molecule has 0 heterocycles. The van der Waals surface area contributed by atoms with E-state index < -0.39 is 0 Å². The van der Waals surface area contributed by atoms with Crippen LogP contribution < -0.4 is 20.7 Å². The summed E-state index contributed by atoms with van der Waals surface area (Å²) in [6.45, 7) is 4.90. The molecule has 2 amide bonds. The van der Waals surface area contributed by atoms with Crippen molar-refractivity contribution in [3.8, 4) is 5.75 Å². The molecule has 0 aliphatic rings. The van der Waals surface area contributed by atoms with Gasteiger partial charge in [0, 0.05) is 30.5 Å². The molecular weight excluding hydrogens is 402 g/mol. The van der Waals surface area contributed by atoms with E-state index >= 15 is 0 Å². The van der Waals surface area contributed by atoms with Gasteiger partial charge < -0.3 is 20.1 Å². The number of carbonyl (C=O) groups is 2. The Morgan fingerprint density at radius 1 is 1.07 bits per heavy atom. The lowest BCUT2D eigenvalue weighted by Crippen LogP contribution is -2.34. The molecule has 7 nitrogen and oxygen atoms in total. The fourth-order valence-electron chi connectivity index (χ4n) is 2.44. The Morgan fingerprint density at radius 3 is 2.47 bits per heavy atom. The molecule has 1 atom stereocenters. The van der Waals surface area contributed by atoms with Crippen LogP contribution in [-0.4, -0.2) is 43.3 Å². The lowest BCUT2D eigenvalue weighted by atomic mass is 10.2. The molecule has 0 aliphatic carbocycles. The standard InChI is InChI=1S/C22H27N3O4S/c1-4-15(2)29-19-7-5-6-17(14-19)21(27)25-22(30)24-18-10-8-16(9-11-18)20(26)23-12-13-28-3/h5-11,14-15H,4,12-13H2,1-3H3,(H,23,26)(H2,24,25,27,30). The largest absolute Gasteiger partial charge is 0.491 e. The average molecular weight is 430 g/mol. The van der Waals surface area contributed by atoms with E-state index in [1.54, 1.807) is 49.6 Å². The molecule has 8 heteroatoms. The van der Waals surface area contributed by atoms with Crippen molar-refractivity contribution in [3.63, 3.8) is 0 Å². The van der Waals surface area contributed by atoms with Crippen LogP contribution in [0.4, 0.5) is 5.69 Å². The number of thiocarbonyl (C=S) groups is 1. The minimum absolute atomic E-state index is 0.0658. The zero-order valence-electron chi connectivity index (χ0n) is 17.4. The fraction of sp³-hybridized carbons (Fsp3) is 0.318. The summed E-state index contributed by atoms with van der Waals surface area (Å²) in [6.07, 6.45) is 0.939.